The van der Waals surface area contributed by atoms with Gasteiger partial charge in [0.2, 0.25) is 5.91 Å². The van der Waals surface area contributed by atoms with Gasteiger partial charge in [-0.25, -0.2) is 4.79 Å². The Morgan fingerprint density at radius 3 is 2.30 bits per heavy atom. The van der Waals surface area contributed by atoms with Crippen LogP contribution in [0, 0.1) is 5.92 Å². The summed E-state index contributed by atoms with van der Waals surface area (Å²) in [6.45, 7) is 4.34. The first-order chi connectivity index (χ1) is 10.8. The van der Waals surface area contributed by atoms with Crippen LogP contribution in [0.5, 0.6) is 0 Å². The Balaban J connectivity index is 2.32. The normalized spacial score (nSPS) is 16.4. The molecular weight excluding hydrogens is 298 g/mol. The second-order valence-corrected chi connectivity index (χ2v) is 6.17. The van der Waals surface area contributed by atoms with Crippen molar-refractivity contribution >= 4 is 17.8 Å². The van der Waals surface area contributed by atoms with Crippen LogP contribution in [0.1, 0.15) is 65.2 Å². The van der Waals surface area contributed by atoms with Crippen molar-refractivity contribution in [3.63, 3.8) is 0 Å². The van der Waals surface area contributed by atoms with E-state index in [0.717, 1.165) is 19.3 Å². The molecule has 0 aromatic heterocycles. The Kier molecular flexibility index (Phi) is 7.78. The van der Waals surface area contributed by atoms with Crippen LogP contribution in [-0.4, -0.2) is 34.1 Å². The van der Waals surface area contributed by atoms with Gasteiger partial charge in [-0.15, -0.1) is 0 Å². The molecule has 1 aliphatic rings. The molecule has 1 amide bonds. The molecule has 3 N–H and O–H groups in total. The number of nitrogens with one attached hydrogen (secondary N) is 1. The quantitative estimate of drug-likeness (QED) is 0.507. The van der Waals surface area contributed by atoms with Crippen molar-refractivity contribution in [2.45, 2.75) is 71.3 Å². The standard InChI is InChI=1S/C17H27NO5/c1-3-12-7-8-13(12)11(2)5-4-6-15(19)18-14(17(22)23)9-10-16(20)21/h11,14H,3-10H2,1-2H3,(H,18,19)(H,20,21)(H,22,23). The van der Waals surface area contributed by atoms with Crippen LogP contribution < -0.4 is 5.32 Å². The number of amides is 1. The van der Waals surface area contributed by atoms with Gasteiger partial charge in [-0.2, -0.15) is 0 Å². The third-order valence-electron chi connectivity index (χ3n) is 4.49. The van der Waals surface area contributed by atoms with Crippen molar-refractivity contribution in [2.24, 2.45) is 5.92 Å². The number of aliphatic carboxylic acids is 2. The van der Waals surface area contributed by atoms with Gasteiger partial charge in [0.15, 0.2) is 0 Å². The molecule has 0 saturated carbocycles. The number of allylic oxidation sites excluding steroid dienone is 2. The fourth-order valence-electron chi connectivity index (χ4n) is 2.98. The van der Waals surface area contributed by atoms with Gasteiger partial charge in [0.25, 0.3) is 0 Å². The van der Waals surface area contributed by atoms with E-state index in [1.54, 1.807) is 5.57 Å². The largest absolute Gasteiger partial charge is 0.481 e. The van der Waals surface area contributed by atoms with Gasteiger partial charge in [-0.05, 0) is 44.4 Å². The van der Waals surface area contributed by atoms with Gasteiger partial charge in [0.05, 0.1) is 0 Å². The molecule has 0 spiro atoms. The summed E-state index contributed by atoms with van der Waals surface area (Å²) in [5.41, 5.74) is 3.07. The smallest absolute Gasteiger partial charge is 0.326 e. The van der Waals surface area contributed by atoms with Crippen LogP contribution in [0.2, 0.25) is 0 Å². The molecule has 0 radical (unpaired) electrons. The molecule has 2 unspecified atom stereocenters. The number of carboxylic acid groups (broad SMARTS) is 2. The highest BCUT2D eigenvalue weighted by Crippen LogP contribution is 2.37. The van der Waals surface area contributed by atoms with Gasteiger partial charge in [0, 0.05) is 12.8 Å². The molecule has 0 saturated heterocycles. The Labute approximate surface area is 137 Å². The Bertz CT molecular complexity index is 483. The molecule has 0 aromatic carbocycles. The van der Waals surface area contributed by atoms with E-state index < -0.39 is 18.0 Å². The highest BCUT2D eigenvalue weighted by Gasteiger charge is 2.22. The minimum atomic E-state index is -1.19. The van der Waals surface area contributed by atoms with Crippen molar-refractivity contribution in [3.8, 4) is 0 Å². The molecule has 23 heavy (non-hydrogen) atoms. The lowest BCUT2D eigenvalue weighted by atomic mass is 9.78. The van der Waals surface area contributed by atoms with E-state index in [0.29, 0.717) is 12.3 Å². The summed E-state index contributed by atoms with van der Waals surface area (Å²) < 4.78 is 0. The summed E-state index contributed by atoms with van der Waals surface area (Å²) in [5.74, 6) is -2.11. The van der Waals surface area contributed by atoms with Crippen LogP contribution in [0.25, 0.3) is 0 Å². The monoisotopic (exact) mass is 325 g/mol. The fraction of sp³-hybridized carbons (Fsp3) is 0.706. The molecule has 0 aliphatic heterocycles. The van der Waals surface area contributed by atoms with Gasteiger partial charge >= 0.3 is 11.9 Å². The van der Waals surface area contributed by atoms with Crippen molar-refractivity contribution in [3.05, 3.63) is 11.1 Å². The van der Waals surface area contributed by atoms with E-state index in [-0.39, 0.29) is 25.2 Å². The summed E-state index contributed by atoms with van der Waals surface area (Å²) in [7, 11) is 0. The number of hydrogen-bond acceptors (Lipinski definition) is 3. The summed E-state index contributed by atoms with van der Waals surface area (Å²) in [5, 5.41) is 20.0. The van der Waals surface area contributed by atoms with Gasteiger partial charge < -0.3 is 15.5 Å². The minimum absolute atomic E-state index is 0.0977. The van der Waals surface area contributed by atoms with Crippen LogP contribution in [0.4, 0.5) is 0 Å². The zero-order valence-corrected chi connectivity index (χ0v) is 13.9. The Hall–Kier alpha value is -1.85. The number of carboxylic acids is 2. The van der Waals surface area contributed by atoms with Gasteiger partial charge in [0.1, 0.15) is 6.04 Å². The number of carbonyl (C=O) groups is 3. The molecule has 1 rings (SSSR count). The van der Waals surface area contributed by atoms with Crippen molar-refractivity contribution < 1.29 is 24.6 Å². The van der Waals surface area contributed by atoms with E-state index in [4.69, 9.17) is 10.2 Å². The molecule has 130 valence electrons. The first kappa shape index (κ1) is 19.2. The zero-order chi connectivity index (χ0) is 17.4. The van der Waals surface area contributed by atoms with E-state index in [1.807, 2.05) is 0 Å². The van der Waals surface area contributed by atoms with Crippen molar-refractivity contribution in [2.75, 3.05) is 0 Å². The van der Waals surface area contributed by atoms with E-state index in [9.17, 15) is 14.4 Å². The van der Waals surface area contributed by atoms with Crippen LogP contribution in [-0.2, 0) is 14.4 Å². The van der Waals surface area contributed by atoms with Crippen LogP contribution in [0.3, 0.4) is 0 Å². The molecular formula is C17H27NO5. The number of hydrogen-bond donors (Lipinski definition) is 3. The number of carbonyl (C=O) groups excluding carboxylic acids is 1. The minimum Gasteiger partial charge on any atom is -0.481 e. The lowest BCUT2D eigenvalue weighted by molar-refractivity contribution is -0.143. The lowest BCUT2D eigenvalue weighted by Gasteiger charge is -2.28. The molecule has 0 bridgehead atoms. The second kappa shape index (κ2) is 9.33. The SMILES string of the molecule is CCC1=C(C(C)CCCC(=O)NC(CCC(=O)O)C(=O)O)CC1. The van der Waals surface area contributed by atoms with Crippen molar-refractivity contribution in [1.29, 1.82) is 0 Å². The third kappa shape index (κ3) is 6.42. The molecule has 6 nitrogen and oxygen atoms in total. The van der Waals surface area contributed by atoms with E-state index >= 15 is 0 Å². The Morgan fingerprint density at radius 1 is 1.13 bits per heavy atom. The number of rotatable bonds is 11. The summed E-state index contributed by atoms with van der Waals surface area (Å²) in [4.78, 5) is 33.3. The maximum Gasteiger partial charge on any atom is 0.326 e. The average Bonchev–Trinajstić information content (AvgIpc) is 2.42. The predicted molar refractivity (Wildman–Crippen MR) is 86.0 cm³/mol. The van der Waals surface area contributed by atoms with Gasteiger partial charge in [-0.1, -0.05) is 25.0 Å². The zero-order valence-electron chi connectivity index (χ0n) is 13.9. The highest BCUT2D eigenvalue weighted by molar-refractivity contribution is 5.83. The maximum atomic E-state index is 11.8. The summed E-state index contributed by atoms with van der Waals surface area (Å²) in [6, 6.07) is -1.13. The highest BCUT2D eigenvalue weighted by atomic mass is 16.4. The average molecular weight is 325 g/mol. The first-order valence-corrected chi connectivity index (χ1v) is 8.29. The van der Waals surface area contributed by atoms with E-state index in [2.05, 4.69) is 19.2 Å². The van der Waals surface area contributed by atoms with Crippen LogP contribution >= 0.6 is 0 Å². The van der Waals surface area contributed by atoms with Crippen molar-refractivity contribution in [1.82, 2.24) is 5.32 Å². The van der Waals surface area contributed by atoms with E-state index in [1.165, 1.54) is 12.0 Å². The molecule has 0 heterocycles. The predicted octanol–water partition coefficient (Wildman–Crippen LogP) is 2.73. The van der Waals surface area contributed by atoms with Crippen LogP contribution in [0.15, 0.2) is 11.1 Å². The lowest BCUT2D eigenvalue weighted by Crippen LogP contribution is -2.41. The topological polar surface area (TPSA) is 104 Å². The fourth-order valence-corrected chi connectivity index (χ4v) is 2.98. The third-order valence-corrected chi connectivity index (χ3v) is 4.49. The maximum absolute atomic E-state index is 11.8. The molecule has 0 aromatic rings. The molecule has 2 atom stereocenters. The molecule has 1 aliphatic carbocycles. The Morgan fingerprint density at radius 2 is 1.83 bits per heavy atom. The van der Waals surface area contributed by atoms with Gasteiger partial charge in [-0.3, -0.25) is 9.59 Å². The molecule has 6 heteroatoms. The summed E-state index contributed by atoms with van der Waals surface area (Å²) >= 11 is 0. The summed E-state index contributed by atoms with van der Waals surface area (Å²) in [6.07, 6.45) is 4.98. The first-order valence-electron chi connectivity index (χ1n) is 8.29. The second-order valence-electron chi connectivity index (χ2n) is 6.17. The molecule has 0 fully saturated rings.